The molecule has 0 spiro atoms. The normalized spacial score (nSPS) is 19.8. The third kappa shape index (κ3) is 2.67. The smallest absolute Gasteiger partial charge is 0.133 e. The number of benzene rings is 2. The predicted molar refractivity (Wildman–Crippen MR) is 79.1 cm³/mol. The highest BCUT2D eigenvalue weighted by Crippen LogP contribution is 2.39. The highest BCUT2D eigenvalue weighted by atomic mass is 16.5. The molecule has 1 aliphatic heterocycles. The number of aliphatic hydroxyl groups excluding tert-OH is 1. The summed E-state index contributed by atoms with van der Waals surface area (Å²) in [5.74, 6) is 2.24. The lowest BCUT2D eigenvalue weighted by molar-refractivity contribution is 0.0678. The average molecular weight is 286 g/mol. The minimum absolute atomic E-state index is 0.277. The lowest BCUT2D eigenvalue weighted by Gasteiger charge is -2.14. The fourth-order valence-electron chi connectivity index (χ4n) is 2.56. The molecule has 2 aromatic rings. The molecule has 0 amide bonds. The first kappa shape index (κ1) is 13.8. The Morgan fingerprint density at radius 2 is 1.67 bits per heavy atom. The van der Waals surface area contributed by atoms with Gasteiger partial charge in [0.25, 0.3) is 0 Å². The van der Waals surface area contributed by atoms with Gasteiger partial charge in [0, 0.05) is 18.1 Å². The van der Waals surface area contributed by atoms with Crippen LogP contribution in [0, 0.1) is 0 Å². The number of aliphatic hydroxyl groups is 1. The molecule has 0 aromatic heterocycles. The SMILES string of the molecule is COc1ccc(CC2Oc3cc(OC)ccc3C2O)cc1. The number of methoxy groups -OCH3 is 2. The van der Waals surface area contributed by atoms with Crippen molar-refractivity contribution in [1.82, 2.24) is 0 Å². The molecule has 110 valence electrons. The summed E-state index contributed by atoms with van der Waals surface area (Å²) in [6.45, 7) is 0. The van der Waals surface area contributed by atoms with Gasteiger partial charge >= 0.3 is 0 Å². The summed E-state index contributed by atoms with van der Waals surface area (Å²) >= 11 is 0. The zero-order chi connectivity index (χ0) is 14.8. The van der Waals surface area contributed by atoms with E-state index in [1.54, 1.807) is 14.2 Å². The minimum atomic E-state index is -0.618. The van der Waals surface area contributed by atoms with E-state index in [1.165, 1.54) is 0 Å². The second-order valence-corrected chi connectivity index (χ2v) is 5.06. The third-order valence-corrected chi connectivity index (χ3v) is 3.77. The van der Waals surface area contributed by atoms with Gasteiger partial charge in [-0.2, -0.15) is 0 Å². The van der Waals surface area contributed by atoms with Crippen molar-refractivity contribution in [3.8, 4) is 17.2 Å². The highest BCUT2D eigenvalue weighted by Gasteiger charge is 2.33. The van der Waals surface area contributed by atoms with Gasteiger partial charge in [0.2, 0.25) is 0 Å². The second kappa shape index (κ2) is 5.66. The number of rotatable bonds is 4. The van der Waals surface area contributed by atoms with Gasteiger partial charge in [-0.15, -0.1) is 0 Å². The molecule has 4 heteroatoms. The Kier molecular flexibility index (Phi) is 3.71. The van der Waals surface area contributed by atoms with E-state index in [2.05, 4.69) is 0 Å². The number of hydrogen-bond donors (Lipinski definition) is 1. The van der Waals surface area contributed by atoms with Crippen LogP contribution < -0.4 is 14.2 Å². The largest absolute Gasteiger partial charge is 0.497 e. The third-order valence-electron chi connectivity index (χ3n) is 3.77. The molecule has 3 rings (SSSR count). The van der Waals surface area contributed by atoms with E-state index in [-0.39, 0.29) is 6.10 Å². The van der Waals surface area contributed by atoms with Crippen molar-refractivity contribution in [2.45, 2.75) is 18.6 Å². The molecule has 0 aliphatic carbocycles. The van der Waals surface area contributed by atoms with Crippen molar-refractivity contribution < 1.29 is 19.3 Å². The van der Waals surface area contributed by atoms with Crippen LogP contribution in [0.25, 0.3) is 0 Å². The van der Waals surface area contributed by atoms with Gasteiger partial charge in [-0.25, -0.2) is 0 Å². The molecule has 0 bridgehead atoms. The fourth-order valence-corrected chi connectivity index (χ4v) is 2.56. The molecule has 0 saturated heterocycles. The van der Waals surface area contributed by atoms with Crippen LogP contribution in [0.5, 0.6) is 17.2 Å². The topological polar surface area (TPSA) is 47.9 Å². The Hall–Kier alpha value is -2.20. The van der Waals surface area contributed by atoms with E-state index in [9.17, 15) is 5.11 Å². The molecule has 21 heavy (non-hydrogen) atoms. The standard InChI is InChI=1S/C17H18O4/c1-19-12-5-3-11(4-6-12)9-16-17(18)14-8-7-13(20-2)10-15(14)21-16/h3-8,10,16-18H,9H2,1-2H3. The van der Waals surface area contributed by atoms with Crippen LogP contribution in [0.4, 0.5) is 0 Å². The van der Waals surface area contributed by atoms with E-state index < -0.39 is 6.10 Å². The lowest BCUT2D eigenvalue weighted by Crippen LogP contribution is -2.21. The molecule has 2 aromatic carbocycles. The number of fused-ring (bicyclic) bond motifs is 1. The van der Waals surface area contributed by atoms with Crippen molar-refractivity contribution in [3.05, 3.63) is 53.6 Å². The molecular formula is C17H18O4. The first-order valence-corrected chi connectivity index (χ1v) is 6.87. The van der Waals surface area contributed by atoms with Crippen LogP contribution in [0.3, 0.4) is 0 Å². The van der Waals surface area contributed by atoms with E-state index >= 15 is 0 Å². The molecule has 1 heterocycles. The van der Waals surface area contributed by atoms with Crippen molar-refractivity contribution in [1.29, 1.82) is 0 Å². The van der Waals surface area contributed by atoms with Gasteiger partial charge in [0.05, 0.1) is 14.2 Å². The molecule has 1 N–H and O–H groups in total. The van der Waals surface area contributed by atoms with Crippen LogP contribution in [0.2, 0.25) is 0 Å². The van der Waals surface area contributed by atoms with Crippen molar-refractivity contribution in [2.24, 2.45) is 0 Å². The minimum Gasteiger partial charge on any atom is -0.497 e. The Morgan fingerprint density at radius 1 is 1.00 bits per heavy atom. The van der Waals surface area contributed by atoms with Gasteiger partial charge < -0.3 is 19.3 Å². The maximum atomic E-state index is 10.4. The van der Waals surface area contributed by atoms with Crippen molar-refractivity contribution >= 4 is 0 Å². The number of hydrogen-bond acceptors (Lipinski definition) is 4. The Morgan fingerprint density at radius 3 is 2.33 bits per heavy atom. The fraction of sp³-hybridized carbons (Fsp3) is 0.294. The molecule has 0 radical (unpaired) electrons. The van der Waals surface area contributed by atoms with E-state index in [0.717, 1.165) is 22.6 Å². The van der Waals surface area contributed by atoms with E-state index in [0.29, 0.717) is 12.2 Å². The summed E-state index contributed by atoms with van der Waals surface area (Å²) in [5.41, 5.74) is 1.91. The maximum Gasteiger partial charge on any atom is 0.133 e. The zero-order valence-corrected chi connectivity index (χ0v) is 12.1. The molecule has 0 saturated carbocycles. The van der Waals surface area contributed by atoms with Crippen LogP contribution in [-0.4, -0.2) is 25.4 Å². The summed E-state index contributed by atoms with van der Waals surface area (Å²) in [6, 6.07) is 13.3. The van der Waals surface area contributed by atoms with Crippen molar-refractivity contribution in [2.75, 3.05) is 14.2 Å². The quantitative estimate of drug-likeness (QED) is 0.939. The first-order chi connectivity index (χ1) is 10.2. The van der Waals surface area contributed by atoms with Crippen LogP contribution in [0.1, 0.15) is 17.2 Å². The monoisotopic (exact) mass is 286 g/mol. The summed E-state index contributed by atoms with van der Waals surface area (Å²) < 4.78 is 16.2. The number of ether oxygens (including phenoxy) is 3. The Balaban J connectivity index is 1.75. The van der Waals surface area contributed by atoms with Crippen LogP contribution >= 0.6 is 0 Å². The van der Waals surface area contributed by atoms with Gasteiger partial charge in [0.15, 0.2) is 0 Å². The molecule has 1 aliphatic rings. The van der Waals surface area contributed by atoms with Gasteiger partial charge in [-0.3, -0.25) is 0 Å². The van der Waals surface area contributed by atoms with Gasteiger partial charge in [0.1, 0.15) is 29.5 Å². The first-order valence-electron chi connectivity index (χ1n) is 6.87. The molecular weight excluding hydrogens is 268 g/mol. The second-order valence-electron chi connectivity index (χ2n) is 5.06. The summed E-state index contributed by atoms with van der Waals surface area (Å²) in [5, 5.41) is 10.4. The van der Waals surface area contributed by atoms with E-state index in [1.807, 2.05) is 42.5 Å². The molecule has 4 nitrogen and oxygen atoms in total. The van der Waals surface area contributed by atoms with Crippen LogP contribution in [-0.2, 0) is 6.42 Å². The molecule has 2 unspecified atom stereocenters. The highest BCUT2D eigenvalue weighted by molar-refractivity contribution is 5.45. The van der Waals surface area contributed by atoms with E-state index in [4.69, 9.17) is 14.2 Å². The molecule has 0 fully saturated rings. The summed E-state index contributed by atoms with van der Waals surface area (Å²) in [6.07, 6.45) is -0.254. The average Bonchev–Trinajstić information content (AvgIpc) is 2.83. The predicted octanol–water partition coefficient (Wildman–Crippen LogP) is 2.74. The maximum absolute atomic E-state index is 10.4. The van der Waals surface area contributed by atoms with Crippen molar-refractivity contribution in [3.63, 3.8) is 0 Å². The van der Waals surface area contributed by atoms with Crippen LogP contribution in [0.15, 0.2) is 42.5 Å². The van der Waals surface area contributed by atoms with Gasteiger partial charge in [-0.1, -0.05) is 12.1 Å². The summed E-state index contributed by atoms with van der Waals surface area (Å²) in [7, 11) is 3.25. The summed E-state index contributed by atoms with van der Waals surface area (Å²) in [4.78, 5) is 0. The Labute approximate surface area is 123 Å². The lowest BCUT2D eigenvalue weighted by atomic mass is 10.0. The van der Waals surface area contributed by atoms with Gasteiger partial charge in [-0.05, 0) is 29.8 Å². The zero-order valence-electron chi connectivity index (χ0n) is 12.1. The Bertz CT molecular complexity index is 621. The molecule has 2 atom stereocenters.